The number of hydrogen-bond acceptors (Lipinski definition) is 7. The summed E-state index contributed by atoms with van der Waals surface area (Å²) < 4.78 is 28.1. The maximum Gasteiger partial charge on any atom is 0.241 e. The van der Waals surface area contributed by atoms with Crippen molar-refractivity contribution in [1.82, 2.24) is 5.32 Å². The molecule has 8 heteroatoms. The summed E-state index contributed by atoms with van der Waals surface area (Å²) in [5.74, 6) is 3.65. The molecular weight excluding hydrogens is 831 g/mol. The highest BCUT2D eigenvalue weighted by Crippen LogP contribution is 2.47. The van der Waals surface area contributed by atoms with E-state index in [4.69, 9.17) is 18.9 Å². The molecule has 1 fully saturated rings. The van der Waals surface area contributed by atoms with Crippen molar-refractivity contribution in [1.29, 1.82) is 0 Å². The zero-order valence-electron chi connectivity index (χ0n) is 44.2. The number of nitrogens with zero attached hydrogens (tertiary/aromatic N) is 1. The summed E-state index contributed by atoms with van der Waals surface area (Å²) in [6, 6.07) is 16.2. The van der Waals surface area contributed by atoms with E-state index in [0.717, 1.165) is 118 Å². The zero-order valence-corrected chi connectivity index (χ0v) is 44.2. The molecule has 8 bridgehead atoms. The molecular formula is C59H85N3O5. The second-order valence-electron chi connectivity index (χ2n) is 22.5. The Morgan fingerprint density at radius 3 is 1.21 bits per heavy atom. The van der Waals surface area contributed by atoms with Crippen molar-refractivity contribution in [3.8, 4) is 23.0 Å². The van der Waals surface area contributed by atoms with Gasteiger partial charge in [0.05, 0.1) is 43.8 Å². The summed E-state index contributed by atoms with van der Waals surface area (Å²) in [7, 11) is 4.16. The molecule has 1 amide bonds. The van der Waals surface area contributed by atoms with Gasteiger partial charge in [-0.05, 0) is 117 Å². The van der Waals surface area contributed by atoms with Gasteiger partial charge in [-0.15, -0.1) is 0 Å². The molecule has 4 aromatic carbocycles. The van der Waals surface area contributed by atoms with E-state index < -0.39 is 0 Å². The van der Waals surface area contributed by atoms with Crippen molar-refractivity contribution in [2.45, 2.75) is 177 Å². The number of amides is 1. The minimum absolute atomic E-state index is 0.00768. The third-order valence-corrected chi connectivity index (χ3v) is 13.1. The average molecular weight is 916 g/mol. The summed E-state index contributed by atoms with van der Waals surface area (Å²) in [6.45, 7) is 32.6. The lowest BCUT2D eigenvalue weighted by atomic mass is 9.80. The Labute approximate surface area is 405 Å². The van der Waals surface area contributed by atoms with Crippen LogP contribution in [0, 0.1) is 0 Å². The van der Waals surface area contributed by atoms with Crippen molar-refractivity contribution < 1.29 is 23.7 Å². The van der Waals surface area contributed by atoms with Gasteiger partial charge in [-0.2, -0.15) is 0 Å². The Morgan fingerprint density at radius 1 is 0.552 bits per heavy atom. The summed E-state index contributed by atoms with van der Waals surface area (Å²) in [4.78, 5) is 16.4. The van der Waals surface area contributed by atoms with E-state index in [9.17, 15) is 4.79 Å². The van der Waals surface area contributed by atoms with Crippen LogP contribution in [0.15, 0.2) is 42.5 Å². The third kappa shape index (κ3) is 12.3. The van der Waals surface area contributed by atoms with Gasteiger partial charge in [0.1, 0.15) is 23.0 Å². The number of carbonyl (C=O) groups excluding carboxylic acids is 1. The van der Waals surface area contributed by atoms with E-state index in [2.05, 4.69) is 162 Å². The van der Waals surface area contributed by atoms with E-state index in [1.54, 1.807) is 0 Å². The fourth-order valence-electron chi connectivity index (χ4n) is 9.51. The van der Waals surface area contributed by atoms with Gasteiger partial charge in [0.2, 0.25) is 5.91 Å². The number of carbonyl (C=O) groups is 1. The molecule has 0 unspecified atom stereocenters. The number of benzene rings is 4. The molecule has 1 heterocycles. The Balaban J connectivity index is 1.82. The van der Waals surface area contributed by atoms with Gasteiger partial charge in [-0.3, -0.25) is 4.79 Å². The molecule has 2 aliphatic rings. The summed E-state index contributed by atoms with van der Waals surface area (Å²) in [5.41, 5.74) is 13.9. The number of nitrogens with one attached hydrogen (secondary N) is 2. The average Bonchev–Trinajstić information content (AvgIpc) is 3.79. The van der Waals surface area contributed by atoms with Crippen LogP contribution in [0.1, 0.15) is 190 Å². The minimum atomic E-state index is -0.245. The minimum Gasteiger partial charge on any atom is -0.493 e. The first-order valence-corrected chi connectivity index (χ1v) is 25.6. The lowest BCUT2D eigenvalue weighted by molar-refractivity contribution is -0.117. The molecule has 8 nitrogen and oxygen atoms in total. The highest BCUT2D eigenvalue weighted by atomic mass is 16.5. The Morgan fingerprint density at radius 2 is 0.896 bits per heavy atom. The summed E-state index contributed by atoms with van der Waals surface area (Å²) in [5, 5.41) is 6.91. The number of ether oxygens (including phenoxy) is 4. The van der Waals surface area contributed by atoms with E-state index in [-0.39, 0.29) is 28.2 Å². The van der Waals surface area contributed by atoms with Gasteiger partial charge in [-0.1, -0.05) is 126 Å². The van der Waals surface area contributed by atoms with Gasteiger partial charge >= 0.3 is 0 Å². The fraction of sp³-hybridized carbons (Fsp3) is 0.576. The quantitative estimate of drug-likeness (QED) is 0.108. The van der Waals surface area contributed by atoms with Crippen LogP contribution in [0.2, 0.25) is 0 Å². The maximum atomic E-state index is 14.2. The molecule has 0 aromatic heterocycles. The molecule has 1 aliphatic carbocycles. The van der Waals surface area contributed by atoms with Gasteiger partial charge in [0.25, 0.3) is 0 Å². The van der Waals surface area contributed by atoms with Crippen molar-refractivity contribution in [3.05, 3.63) is 104 Å². The lowest BCUT2D eigenvalue weighted by Gasteiger charge is -2.30. The normalized spacial score (nSPS) is 15.3. The maximum absolute atomic E-state index is 14.2. The topological polar surface area (TPSA) is 81.3 Å². The molecule has 2 N–H and O–H groups in total. The molecule has 1 saturated heterocycles. The number of fused-ring (bicyclic) bond motifs is 8. The predicted molar refractivity (Wildman–Crippen MR) is 280 cm³/mol. The molecule has 6 rings (SSSR count). The molecule has 0 radical (unpaired) electrons. The number of hydrogen-bond donors (Lipinski definition) is 2. The Kier molecular flexibility index (Phi) is 16.8. The van der Waals surface area contributed by atoms with E-state index in [1.165, 1.54) is 22.3 Å². The van der Waals surface area contributed by atoms with Crippen molar-refractivity contribution in [3.63, 3.8) is 0 Å². The second-order valence-corrected chi connectivity index (χ2v) is 22.5. The molecule has 0 spiro atoms. The van der Waals surface area contributed by atoms with E-state index in [1.807, 2.05) is 0 Å². The van der Waals surface area contributed by atoms with Crippen LogP contribution >= 0.6 is 0 Å². The van der Waals surface area contributed by atoms with Crippen molar-refractivity contribution in [2.75, 3.05) is 57.3 Å². The largest absolute Gasteiger partial charge is 0.493 e. The van der Waals surface area contributed by atoms with Crippen molar-refractivity contribution >= 4 is 17.3 Å². The van der Waals surface area contributed by atoms with E-state index in [0.29, 0.717) is 52.1 Å². The fourth-order valence-corrected chi connectivity index (χ4v) is 9.51. The smallest absolute Gasteiger partial charge is 0.241 e. The standard InChI is InChI=1S/C59H85N3O5/c1-16-23-64-52-38-27-39-31-46(58(8,9)10)34-42(53(39)65-24-17-2)29-43-37-50(61-56(63)49-21-20-22-60-49)51(62(14)15)48(55(43)67-26-19-4)36-44-35-47(59(11,12)13)33-41(54(44)66-25-18-3)28-40(52)32-45(30-38)57(5,6)7/h30-35,37,49,60H,16-29,36H2,1-15H3,(H,61,63)/t49-/m0/s1. The highest BCUT2D eigenvalue weighted by Gasteiger charge is 2.31. The highest BCUT2D eigenvalue weighted by molar-refractivity contribution is 5.99. The third-order valence-electron chi connectivity index (χ3n) is 13.1. The number of anilines is 2. The first-order chi connectivity index (χ1) is 31.7. The van der Waals surface area contributed by atoms with Crippen LogP contribution in [0.4, 0.5) is 11.4 Å². The molecule has 0 saturated carbocycles. The summed E-state index contributed by atoms with van der Waals surface area (Å²) >= 11 is 0. The SMILES string of the molecule is CCCOc1c2cc(C(C)(C)C)cc1Cc1cc(C(C)(C)C)cc(c1OCCC)Cc1c(OCCC)c(cc(NC(=O)[C@@H]3CCCN3)c1N(C)C)Cc1cc(C(C)(C)C)cc(c1OCCC)C2. The van der Waals surface area contributed by atoms with Gasteiger partial charge in [0, 0.05) is 50.9 Å². The lowest BCUT2D eigenvalue weighted by Crippen LogP contribution is -2.36. The summed E-state index contributed by atoms with van der Waals surface area (Å²) in [6.07, 6.45) is 7.63. The van der Waals surface area contributed by atoms with Gasteiger partial charge in [-0.25, -0.2) is 0 Å². The molecule has 1 atom stereocenters. The van der Waals surface area contributed by atoms with E-state index >= 15 is 0 Å². The van der Waals surface area contributed by atoms with Gasteiger partial charge in [0.15, 0.2) is 0 Å². The van der Waals surface area contributed by atoms with Gasteiger partial charge < -0.3 is 34.5 Å². The van der Waals surface area contributed by atoms with Crippen LogP contribution in [0.3, 0.4) is 0 Å². The first-order valence-electron chi connectivity index (χ1n) is 25.6. The van der Waals surface area contributed by atoms with Crippen molar-refractivity contribution in [2.24, 2.45) is 0 Å². The molecule has 366 valence electrons. The predicted octanol–water partition coefficient (Wildman–Crippen LogP) is 13.2. The molecule has 4 aromatic rings. The second kappa shape index (κ2) is 21.7. The Bertz CT molecular complexity index is 2350. The van der Waals surface area contributed by atoms with Crippen LogP contribution in [0.5, 0.6) is 23.0 Å². The number of rotatable bonds is 15. The zero-order chi connectivity index (χ0) is 48.8. The molecule has 1 aliphatic heterocycles. The first kappa shape index (κ1) is 51.7. The van der Waals surface area contributed by atoms with Crippen LogP contribution in [0.25, 0.3) is 0 Å². The monoisotopic (exact) mass is 916 g/mol. The Hall–Kier alpha value is -4.69. The molecule has 67 heavy (non-hydrogen) atoms. The van der Waals surface area contributed by atoms with Crippen LogP contribution in [-0.4, -0.2) is 59.0 Å². The van der Waals surface area contributed by atoms with Crippen LogP contribution < -0.4 is 34.5 Å². The van der Waals surface area contributed by atoms with Crippen LogP contribution in [-0.2, 0) is 46.7 Å².